The lowest BCUT2D eigenvalue weighted by Crippen LogP contribution is -2.66. The van der Waals surface area contributed by atoms with Gasteiger partial charge in [0, 0.05) is 44.3 Å². The van der Waals surface area contributed by atoms with Gasteiger partial charge in [-0.25, -0.2) is 0 Å². The van der Waals surface area contributed by atoms with Gasteiger partial charge in [-0.1, -0.05) is 0 Å². The number of hydrogen-bond donors (Lipinski definition) is 0. The normalized spacial score (nSPS) is 31.3. The number of thioether (sulfide) groups is 1. The van der Waals surface area contributed by atoms with Crippen molar-refractivity contribution in [2.75, 3.05) is 57.8 Å². The van der Waals surface area contributed by atoms with E-state index >= 15 is 0 Å². The van der Waals surface area contributed by atoms with Gasteiger partial charge in [-0.2, -0.15) is 11.8 Å². The van der Waals surface area contributed by atoms with Crippen molar-refractivity contribution >= 4 is 11.8 Å². The molecule has 26 heavy (non-hydrogen) atoms. The van der Waals surface area contributed by atoms with Crippen LogP contribution in [0, 0.1) is 10.8 Å². The maximum absolute atomic E-state index is 2.83. The van der Waals surface area contributed by atoms with E-state index in [1.54, 1.807) is 0 Å². The zero-order valence-electron chi connectivity index (χ0n) is 17.7. The van der Waals surface area contributed by atoms with Crippen LogP contribution >= 0.6 is 11.8 Å². The summed E-state index contributed by atoms with van der Waals surface area (Å²) in [6.07, 6.45) is 11.1. The van der Waals surface area contributed by atoms with Crippen molar-refractivity contribution in [1.82, 2.24) is 14.7 Å². The van der Waals surface area contributed by atoms with Crippen LogP contribution in [-0.2, 0) is 0 Å². The summed E-state index contributed by atoms with van der Waals surface area (Å²) in [5.74, 6) is 1.38. The molecule has 2 saturated heterocycles. The predicted octanol–water partition coefficient (Wildman–Crippen LogP) is 3.79. The molecule has 0 amide bonds. The summed E-state index contributed by atoms with van der Waals surface area (Å²) in [6.45, 7) is 16.5. The maximum atomic E-state index is 2.83. The second-order valence-electron chi connectivity index (χ2n) is 10.7. The lowest BCUT2D eigenvalue weighted by molar-refractivity contribution is -0.116. The quantitative estimate of drug-likeness (QED) is 0.694. The summed E-state index contributed by atoms with van der Waals surface area (Å²) >= 11 is 2.06. The first kappa shape index (κ1) is 19.5. The summed E-state index contributed by atoms with van der Waals surface area (Å²) in [5.41, 5.74) is 1.90. The number of hydrogen-bond acceptors (Lipinski definition) is 4. The first-order chi connectivity index (χ1) is 12.4. The van der Waals surface area contributed by atoms with Crippen molar-refractivity contribution < 1.29 is 0 Å². The summed E-state index contributed by atoms with van der Waals surface area (Å²) in [5, 5.41) is 0. The Balaban J connectivity index is 1.23. The number of likely N-dealkylation sites (tertiary alicyclic amines) is 1. The van der Waals surface area contributed by atoms with E-state index in [2.05, 4.69) is 53.5 Å². The van der Waals surface area contributed by atoms with Gasteiger partial charge in [0.1, 0.15) is 0 Å². The van der Waals surface area contributed by atoms with Crippen molar-refractivity contribution in [3.8, 4) is 0 Å². The van der Waals surface area contributed by atoms with Crippen LogP contribution < -0.4 is 0 Å². The molecule has 0 atom stereocenters. The standard InChI is InChI=1S/C22H41N3S/c1-19(2)24-11-13-25(14-12-24)20(3)15-21(16-20)7-9-23(10-8-21)17-22(5-6-22)18-26-4/h19H,5-18H2,1-4H3. The van der Waals surface area contributed by atoms with Crippen LogP contribution in [0.4, 0.5) is 0 Å². The molecular weight excluding hydrogens is 338 g/mol. The molecule has 4 fully saturated rings. The molecule has 2 aliphatic heterocycles. The molecule has 150 valence electrons. The molecule has 3 nitrogen and oxygen atoms in total. The Hall–Kier alpha value is 0.230. The Morgan fingerprint density at radius 2 is 1.50 bits per heavy atom. The Morgan fingerprint density at radius 3 is 2.00 bits per heavy atom. The number of piperazine rings is 1. The van der Waals surface area contributed by atoms with Crippen LogP contribution in [0.25, 0.3) is 0 Å². The van der Waals surface area contributed by atoms with Crippen LogP contribution in [0.3, 0.4) is 0 Å². The van der Waals surface area contributed by atoms with Crippen molar-refractivity contribution in [1.29, 1.82) is 0 Å². The SMILES string of the molecule is CSCC1(CN2CCC3(CC2)CC(C)(N2CCN(C(C)C)CC2)C3)CC1. The minimum Gasteiger partial charge on any atom is -0.303 e. The third-order valence-corrected chi connectivity index (χ3v) is 9.10. The highest BCUT2D eigenvalue weighted by molar-refractivity contribution is 7.98. The molecule has 0 unspecified atom stereocenters. The van der Waals surface area contributed by atoms with Crippen LogP contribution in [0.5, 0.6) is 0 Å². The van der Waals surface area contributed by atoms with E-state index in [9.17, 15) is 0 Å². The molecule has 0 radical (unpaired) electrons. The minimum atomic E-state index is 0.502. The minimum absolute atomic E-state index is 0.502. The molecule has 4 aliphatic rings. The van der Waals surface area contributed by atoms with E-state index in [1.165, 1.54) is 90.1 Å². The first-order valence-electron chi connectivity index (χ1n) is 11.1. The summed E-state index contributed by atoms with van der Waals surface area (Å²) < 4.78 is 0. The van der Waals surface area contributed by atoms with E-state index in [1.807, 2.05) is 0 Å². The van der Waals surface area contributed by atoms with Crippen molar-refractivity contribution in [3.05, 3.63) is 0 Å². The molecule has 4 heteroatoms. The lowest BCUT2D eigenvalue weighted by atomic mass is 9.53. The predicted molar refractivity (Wildman–Crippen MR) is 114 cm³/mol. The second kappa shape index (κ2) is 7.24. The molecule has 2 heterocycles. The molecule has 0 aromatic carbocycles. The zero-order chi connectivity index (χ0) is 18.4. The number of nitrogens with zero attached hydrogens (tertiary/aromatic N) is 3. The Kier molecular flexibility index (Phi) is 5.44. The van der Waals surface area contributed by atoms with Gasteiger partial charge in [0.2, 0.25) is 0 Å². The monoisotopic (exact) mass is 379 g/mol. The van der Waals surface area contributed by atoms with Gasteiger partial charge >= 0.3 is 0 Å². The molecule has 0 aromatic heterocycles. The van der Waals surface area contributed by atoms with Gasteiger partial charge in [0.25, 0.3) is 0 Å². The van der Waals surface area contributed by atoms with Gasteiger partial charge in [-0.05, 0) is 95.2 Å². The van der Waals surface area contributed by atoms with E-state index in [0.29, 0.717) is 22.4 Å². The smallest absolute Gasteiger partial charge is 0.0193 e. The van der Waals surface area contributed by atoms with Crippen molar-refractivity contribution in [3.63, 3.8) is 0 Å². The molecular formula is C22H41N3S. The first-order valence-corrected chi connectivity index (χ1v) is 12.5. The van der Waals surface area contributed by atoms with E-state index < -0.39 is 0 Å². The average molecular weight is 380 g/mol. The topological polar surface area (TPSA) is 9.72 Å². The van der Waals surface area contributed by atoms with E-state index in [-0.39, 0.29) is 0 Å². The van der Waals surface area contributed by atoms with Crippen molar-refractivity contribution in [2.24, 2.45) is 10.8 Å². The summed E-state index contributed by atoms with van der Waals surface area (Å²) in [4.78, 5) is 8.29. The maximum Gasteiger partial charge on any atom is 0.0193 e. The highest BCUT2D eigenvalue weighted by Crippen LogP contribution is 2.57. The average Bonchev–Trinajstić information content (AvgIpc) is 3.35. The Bertz CT molecular complexity index is 478. The van der Waals surface area contributed by atoms with Crippen LogP contribution in [0.15, 0.2) is 0 Å². The van der Waals surface area contributed by atoms with E-state index in [4.69, 9.17) is 0 Å². The highest BCUT2D eigenvalue weighted by Gasteiger charge is 2.55. The zero-order valence-corrected chi connectivity index (χ0v) is 18.5. The third kappa shape index (κ3) is 3.86. The van der Waals surface area contributed by atoms with Gasteiger partial charge in [-0.15, -0.1) is 0 Å². The fourth-order valence-corrected chi connectivity index (χ4v) is 7.40. The van der Waals surface area contributed by atoms with Crippen LogP contribution in [0.1, 0.15) is 59.3 Å². The van der Waals surface area contributed by atoms with Gasteiger partial charge < -0.3 is 4.90 Å². The van der Waals surface area contributed by atoms with Gasteiger partial charge in [0.05, 0.1) is 0 Å². The summed E-state index contributed by atoms with van der Waals surface area (Å²) in [6, 6.07) is 0.711. The molecule has 2 aliphatic carbocycles. The molecule has 4 rings (SSSR count). The fourth-order valence-electron chi connectivity index (χ4n) is 6.41. The number of rotatable bonds is 6. The highest BCUT2D eigenvalue weighted by atomic mass is 32.2. The van der Waals surface area contributed by atoms with Gasteiger partial charge in [0.15, 0.2) is 0 Å². The fraction of sp³-hybridized carbons (Fsp3) is 1.00. The molecule has 0 aromatic rings. The molecule has 0 bridgehead atoms. The Labute approximate surface area is 166 Å². The van der Waals surface area contributed by atoms with Gasteiger partial charge in [-0.3, -0.25) is 9.80 Å². The largest absolute Gasteiger partial charge is 0.303 e. The van der Waals surface area contributed by atoms with Crippen LogP contribution in [0.2, 0.25) is 0 Å². The molecule has 1 spiro atoms. The van der Waals surface area contributed by atoms with Crippen LogP contribution in [-0.4, -0.2) is 84.1 Å². The third-order valence-electron chi connectivity index (χ3n) is 8.20. The molecule has 2 saturated carbocycles. The van der Waals surface area contributed by atoms with E-state index in [0.717, 1.165) is 0 Å². The second-order valence-corrected chi connectivity index (χ2v) is 11.5. The molecule has 0 N–H and O–H groups in total. The van der Waals surface area contributed by atoms with Crippen molar-refractivity contribution in [2.45, 2.75) is 70.9 Å². The summed E-state index contributed by atoms with van der Waals surface area (Å²) in [7, 11) is 0. The number of piperidine rings is 1. The Morgan fingerprint density at radius 1 is 0.885 bits per heavy atom. The lowest BCUT2D eigenvalue weighted by Gasteiger charge is -2.63.